The minimum Gasteiger partial charge on any atom is -0.355 e. The van der Waals surface area contributed by atoms with E-state index in [1.807, 2.05) is 26.2 Å². The van der Waals surface area contributed by atoms with Crippen LogP contribution in [0.1, 0.15) is 27.7 Å². The zero-order valence-corrected chi connectivity index (χ0v) is 15.9. The molecule has 0 aliphatic heterocycles. The summed E-state index contributed by atoms with van der Waals surface area (Å²) in [5.74, 6) is -0.327. The molecule has 0 aliphatic rings. The minimum atomic E-state index is -0.287. The summed E-state index contributed by atoms with van der Waals surface area (Å²) in [5, 5.41) is 10.5. The molecule has 136 valence electrons. The molecule has 26 heavy (non-hydrogen) atoms. The van der Waals surface area contributed by atoms with E-state index in [4.69, 9.17) is 0 Å². The molecule has 7 heteroatoms. The van der Waals surface area contributed by atoms with Crippen LogP contribution < -0.4 is 5.32 Å². The Morgan fingerprint density at radius 2 is 1.96 bits per heavy atom. The van der Waals surface area contributed by atoms with E-state index in [0.717, 1.165) is 39.8 Å². The van der Waals surface area contributed by atoms with Gasteiger partial charge < -0.3 is 5.32 Å². The molecule has 0 spiro atoms. The van der Waals surface area contributed by atoms with Gasteiger partial charge in [-0.15, -0.1) is 11.3 Å². The van der Waals surface area contributed by atoms with Gasteiger partial charge in [-0.25, -0.2) is 14.1 Å². The highest BCUT2D eigenvalue weighted by Gasteiger charge is 2.16. The Morgan fingerprint density at radius 3 is 2.62 bits per heavy atom. The molecule has 1 amide bonds. The number of hydrogen-bond acceptors (Lipinski definition) is 4. The average Bonchev–Trinajstić information content (AvgIpc) is 3.14. The maximum Gasteiger partial charge on any atom is 0.224 e. The third kappa shape index (κ3) is 4.16. The van der Waals surface area contributed by atoms with Crippen molar-refractivity contribution in [1.82, 2.24) is 20.1 Å². The van der Waals surface area contributed by atoms with E-state index in [1.54, 1.807) is 28.2 Å². The van der Waals surface area contributed by atoms with Crippen LogP contribution in [-0.4, -0.2) is 27.2 Å². The number of rotatable bonds is 6. The fraction of sp³-hybridized carbons (Fsp3) is 0.316. The summed E-state index contributed by atoms with van der Waals surface area (Å²) in [6.07, 6.45) is 0.998. The zero-order chi connectivity index (χ0) is 18.7. The van der Waals surface area contributed by atoms with Crippen molar-refractivity contribution in [3.63, 3.8) is 0 Å². The van der Waals surface area contributed by atoms with Crippen molar-refractivity contribution in [2.45, 2.75) is 33.6 Å². The third-order valence-electron chi connectivity index (χ3n) is 4.22. The van der Waals surface area contributed by atoms with Crippen molar-refractivity contribution in [1.29, 1.82) is 0 Å². The Hall–Kier alpha value is -2.54. The van der Waals surface area contributed by atoms with Gasteiger partial charge in [0.1, 0.15) is 5.82 Å². The van der Waals surface area contributed by atoms with Gasteiger partial charge in [-0.2, -0.15) is 5.10 Å². The molecule has 0 saturated carbocycles. The van der Waals surface area contributed by atoms with E-state index in [2.05, 4.69) is 15.4 Å². The van der Waals surface area contributed by atoms with Gasteiger partial charge in [-0.3, -0.25) is 4.79 Å². The summed E-state index contributed by atoms with van der Waals surface area (Å²) in [7, 11) is 0. The van der Waals surface area contributed by atoms with Crippen molar-refractivity contribution in [3.05, 3.63) is 63.1 Å². The summed E-state index contributed by atoms with van der Waals surface area (Å²) in [6.45, 7) is 6.33. The minimum absolute atomic E-state index is 0.0400. The van der Waals surface area contributed by atoms with Crippen molar-refractivity contribution in [3.8, 4) is 5.69 Å². The molecule has 5 nitrogen and oxygen atoms in total. The van der Waals surface area contributed by atoms with E-state index >= 15 is 0 Å². The van der Waals surface area contributed by atoms with Gasteiger partial charge in [0.2, 0.25) is 5.91 Å². The molecule has 0 unspecified atom stereocenters. The largest absolute Gasteiger partial charge is 0.355 e. The van der Waals surface area contributed by atoms with Gasteiger partial charge in [0, 0.05) is 29.6 Å². The standard InChI is InChI=1S/C19H21FN4OS/c1-12-18(10-19(25)21-9-8-16-11-26-14(3)22-16)13(2)24(23-12)17-6-4-15(20)5-7-17/h4-7,11H,8-10H2,1-3H3,(H,21,25). The highest BCUT2D eigenvalue weighted by Crippen LogP contribution is 2.19. The topological polar surface area (TPSA) is 59.8 Å². The number of aryl methyl sites for hydroxylation is 2. The second-order valence-electron chi connectivity index (χ2n) is 6.17. The number of carbonyl (C=O) groups is 1. The number of aromatic nitrogens is 3. The predicted molar refractivity (Wildman–Crippen MR) is 100 cm³/mol. The van der Waals surface area contributed by atoms with Crippen molar-refractivity contribution in [2.24, 2.45) is 0 Å². The van der Waals surface area contributed by atoms with Crippen LogP contribution in [-0.2, 0) is 17.6 Å². The molecule has 0 aliphatic carbocycles. The molecule has 1 N–H and O–H groups in total. The van der Waals surface area contributed by atoms with E-state index in [1.165, 1.54) is 12.1 Å². The first kappa shape index (κ1) is 18.3. The number of halogens is 1. The molecule has 0 atom stereocenters. The Bertz CT molecular complexity index is 914. The Labute approximate surface area is 155 Å². The molecular weight excluding hydrogens is 351 g/mol. The van der Waals surface area contributed by atoms with Crippen LogP contribution in [0.3, 0.4) is 0 Å². The summed E-state index contributed by atoms with van der Waals surface area (Å²) >= 11 is 1.61. The molecule has 1 aromatic carbocycles. The average molecular weight is 372 g/mol. The van der Waals surface area contributed by atoms with Gasteiger partial charge in [0.15, 0.2) is 0 Å². The molecule has 0 bridgehead atoms. The lowest BCUT2D eigenvalue weighted by molar-refractivity contribution is -0.120. The maximum absolute atomic E-state index is 13.1. The van der Waals surface area contributed by atoms with Gasteiger partial charge in [0.05, 0.1) is 28.5 Å². The van der Waals surface area contributed by atoms with Crippen LogP contribution in [0.15, 0.2) is 29.6 Å². The summed E-state index contributed by atoms with van der Waals surface area (Å²) < 4.78 is 14.9. The number of benzene rings is 1. The number of carbonyl (C=O) groups excluding carboxylic acids is 1. The molecule has 2 aromatic heterocycles. The van der Waals surface area contributed by atoms with E-state index in [-0.39, 0.29) is 18.1 Å². The van der Waals surface area contributed by atoms with Crippen LogP contribution in [0.4, 0.5) is 4.39 Å². The van der Waals surface area contributed by atoms with Gasteiger partial charge in [0.25, 0.3) is 0 Å². The molecular formula is C19H21FN4OS. The summed E-state index contributed by atoms with van der Waals surface area (Å²) in [5.41, 5.74) is 4.37. The van der Waals surface area contributed by atoms with Gasteiger partial charge >= 0.3 is 0 Å². The van der Waals surface area contributed by atoms with Crippen LogP contribution in [0.2, 0.25) is 0 Å². The Morgan fingerprint density at radius 1 is 1.23 bits per heavy atom. The number of nitrogens with one attached hydrogen (secondary N) is 1. The summed E-state index contributed by atoms with van der Waals surface area (Å²) in [6, 6.07) is 6.15. The van der Waals surface area contributed by atoms with E-state index in [0.29, 0.717) is 6.54 Å². The fourth-order valence-corrected chi connectivity index (χ4v) is 3.49. The maximum atomic E-state index is 13.1. The summed E-state index contributed by atoms with van der Waals surface area (Å²) in [4.78, 5) is 16.7. The van der Waals surface area contributed by atoms with Crippen molar-refractivity contribution >= 4 is 17.2 Å². The van der Waals surface area contributed by atoms with Gasteiger partial charge in [-0.05, 0) is 45.0 Å². The monoisotopic (exact) mass is 372 g/mol. The first-order valence-corrected chi connectivity index (χ1v) is 9.30. The fourth-order valence-electron chi connectivity index (χ4n) is 2.84. The normalized spacial score (nSPS) is 10.9. The van der Waals surface area contributed by atoms with Crippen LogP contribution in [0.5, 0.6) is 0 Å². The smallest absolute Gasteiger partial charge is 0.224 e. The number of amides is 1. The molecule has 3 aromatic rings. The molecule has 2 heterocycles. The lowest BCUT2D eigenvalue weighted by Gasteiger charge is -2.06. The van der Waals surface area contributed by atoms with E-state index in [9.17, 15) is 9.18 Å². The second kappa shape index (κ2) is 7.78. The van der Waals surface area contributed by atoms with Crippen molar-refractivity contribution in [2.75, 3.05) is 6.54 Å². The number of nitrogens with zero attached hydrogens (tertiary/aromatic N) is 3. The number of thiazole rings is 1. The lowest BCUT2D eigenvalue weighted by Crippen LogP contribution is -2.27. The van der Waals surface area contributed by atoms with Crippen molar-refractivity contribution < 1.29 is 9.18 Å². The second-order valence-corrected chi connectivity index (χ2v) is 7.23. The first-order valence-electron chi connectivity index (χ1n) is 8.43. The first-order chi connectivity index (χ1) is 12.4. The SMILES string of the molecule is Cc1nc(CCNC(=O)Cc2c(C)nn(-c3ccc(F)cc3)c2C)cs1. The molecule has 0 fully saturated rings. The van der Waals surface area contributed by atoms with E-state index < -0.39 is 0 Å². The zero-order valence-electron chi connectivity index (χ0n) is 15.0. The van der Waals surface area contributed by atoms with Crippen LogP contribution in [0, 0.1) is 26.6 Å². The highest BCUT2D eigenvalue weighted by atomic mass is 32.1. The molecule has 0 radical (unpaired) electrons. The Balaban J connectivity index is 1.64. The third-order valence-corrected chi connectivity index (χ3v) is 5.04. The Kier molecular flexibility index (Phi) is 5.46. The molecule has 3 rings (SSSR count). The highest BCUT2D eigenvalue weighted by molar-refractivity contribution is 7.09. The van der Waals surface area contributed by atoms with Crippen LogP contribution >= 0.6 is 11.3 Å². The van der Waals surface area contributed by atoms with Gasteiger partial charge in [-0.1, -0.05) is 0 Å². The number of hydrogen-bond donors (Lipinski definition) is 1. The molecule has 0 saturated heterocycles. The lowest BCUT2D eigenvalue weighted by atomic mass is 10.1. The predicted octanol–water partition coefficient (Wildman–Crippen LogP) is 3.29. The van der Waals surface area contributed by atoms with Crippen LogP contribution in [0.25, 0.3) is 5.69 Å². The quantitative estimate of drug-likeness (QED) is 0.722.